The van der Waals surface area contributed by atoms with Gasteiger partial charge in [0.05, 0.1) is 19.8 Å². The van der Waals surface area contributed by atoms with E-state index in [0.29, 0.717) is 44.4 Å². The van der Waals surface area contributed by atoms with Gasteiger partial charge in [0.1, 0.15) is 0 Å². The molecule has 0 atom stereocenters. The van der Waals surface area contributed by atoms with Crippen LogP contribution >= 0.6 is 0 Å². The van der Waals surface area contributed by atoms with Crippen LogP contribution in [0, 0.1) is 11.8 Å². The first-order valence-corrected chi connectivity index (χ1v) is 26.2. The monoisotopic (exact) mass is 833 g/mol. The van der Waals surface area contributed by atoms with Crippen LogP contribution in [0.15, 0.2) is 0 Å². The van der Waals surface area contributed by atoms with Crippen LogP contribution in [0.2, 0.25) is 0 Å². The molecule has 1 heterocycles. The Balaban J connectivity index is 2.26. The van der Waals surface area contributed by atoms with E-state index in [2.05, 4.69) is 37.9 Å². The van der Waals surface area contributed by atoms with Crippen LogP contribution < -0.4 is 5.32 Å². The number of carbonyl (C=O) groups is 3. The Morgan fingerprint density at radius 2 is 0.797 bits per heavy atom. The minimum Gasteiger partial charge on any atom is -0.466 e. The number of unbranched alkanes of at least 4 members (excludes halogenated alkanes) is 18. The van der Waals surface area contributed by atoms with E-state index in [9.17, 15) is 14.4 Å². The van der Waals surface area contributed by atoms with Gasteiger partial charge in [-0.15, -0.1) is 0 Å². The maximum atomic E-state index is 13.0. The summed E-state index contributed by atoms with van der Waals surface area (Å²) in [6.07, 6.45) is 42.9. The van der Waals surface area contributed by atoms with Gasteiger partial charge in [0.2, 0.25) is 5.91 Å². The first-order valence-electron chi connectivity index (χ1n) is 26.2. The number of amides is 1. The van der Waals surface area contributed by atoms with Gasteiger partial charge in [-0.3, -0.25) is 19.3 Å². The molecule has 0 aromatic carbocycles. The first kappa shape index (κ1) is 55.4. The average Bonchev–Trinajstić information content (AvgIpc) is 3.22. The number of likely N-dealkylation sites (tertiary alicyclic amines) is 1. The lowest BCUT2D eigenvalue weighted by molar-refractivity contribution is -0.145. The normalized spacial score (nSPS) is 13.5. The number of carbonyl (C=O) groups excluding carboxylic acids is 3. The molecule has 1 fully saturated rings. The highest BCUT2D eigenvalue weighted by molar-refractivity contribution is 5.78. The lowest BCUT2D eigenvalue weighted by Crippen LogP contribution is -2.43. The third-order valence-corrected chi connectivity index (χ3v) is 13.0. The van der Waals surface area contributed by atoms with Gasteiger partial charge in [0.15, 0.2) is 0 Å². The number of nitrogens with zero attached hydrogens (tertiary/aromatic N) is 1. The summed E-state index contributed by atoms with van der Waals surface area (Å²) >= 11 is 0. The molecule has 1 rings (SSSR count). The summed E-state index contributed by atoms with van der Waals surface area (Å²) in [7, 11) is 0. The molecule has 0 saturated carbocycles. The Labute approximate surface area is 366 Å². The Morgan fingerprint density at radius 3 is 1.19 bits per heavy atom. The molecule has 0 aromatic heterocycles. The van der Waals surface area contributed by atoms with Gasteiger partial charge in [0, 0.05) is 18.9 Å². The number of hydrogen-bond donors (Lipinski definition) is 1. The van der Waals surface area contributed by atoms with Crippen molar-refractivity contribution in [2.24, 2.45) is 11.8 Å². The van der Waals surface area contributed by atoms with E-state index in [1.807, 2.05) is 0 Å². The summed E-state index contributed by atoms with van der Waals surface area (Å²) in [5.74, 6) is 1.58. The first-order chi connectivity index (χ1) is 28.9. The van der Waals surface area contributed by atoms with Crippen molar-refractivity contribution in [2.45, 2.75) is 271 Å². The van der Waals surface area contributed by atoms with Crippen molar-refractivity contribution in [3.05, 3.63) is 0 Å². The minimum absolute atomic E-state index is 0.0150. The summed E-state index contributed by atoms with van der Waals surface area (Å²) in [6, 6.07) is 0.257. The molecule has 59 heavy (non-hydrogen) atoms. The van der Waals surface area contributed by atoms with Crippen molar-refractivity contribution in [1.29, 1.82) is 0 Å². The molecule has 1 N–H and O–H groups in total. The second-order valence-electron chi connectivity index (χ2n) is 18.7. The van der Waals surface area contributed by atoms with Crippen LogP contribution in [-0.2, 0) is 23.9 Å². The van der Waals surface area contributed by atoms with E-state index in [-0.39, 0.29) is 23.9 Å². The van der Waals surface area contributed by atoms with E-state index < -0.39 is 0 Å². The molecule has 7 heteroatoms. The second kappa shape index (κ2) is 41.7. The van der Waals surface area contributed by atoms with Crippen molar-refractivity contribution >= 4 is 17.8 Å². The predicted octanol–water partition coefficient (Wildman–Crippen LogP) is 14.6. The molecule has 0 radical (unpaired) electrons. The maximum Gasteiger partial charge on any atom is 0.305 e. The second-order valence-corrected chi connectivity index (χ2v) is 18.7. The quantitative estimate of drug-likeness (QED) is 0.0487. The zero-order valence-electron chi connectivity index (χ0n) is 39.9. The Morgan fingerprint density at radius 1 is 0.441 bits per heavy atom. The van der Waals surface area contributed by atoms with Crippen molar-refractivity contribution < 1.29 is 23.9 Å². The number of esters is 2. The Kier molecular flexibility index (Phi) is 39.2. The SMILES string of the molecule is CCCCCC(CCCCC)CCOC(=O)CCCCCCCCC(CCCCCCCCC(=O)OCCC(CCCCC)CCCCC)NC(=O)CN1CCCCC1. The van der Waals surface area contributed by atoms with Gasteiger partial charge in [0.25, 0.3) is 0 Å². The molecule has 348 valence electrons. The summed E-state index contributed by atoms with van der Waals surface area (Å²) < 4.78 is 11.3. The van der Waals surface area contributed by atoms with Crippen molar-refractivity contribution in [3.63, 3.8) is 0 Å². The number of piperidine rings is 1. The third kappa shape index (κ3) is 35.6. The molecule has 0 bridgehead atoms. The fraction of sp³-hybridized carbons (Fsp3) is 0.942. The zero-order valence-corrected chi connectivity index (χ0v) is 39.9. The molecular formula is C52H100N2O5. The molecule has 1 aliphatic heterocycles. The van der Waals surface area contributed by atoms with Gasteiger partial charge >= 0.3 is 11.9 Å². The maximum absolute atomic E-state index is 13.0. The lowest BCUT2D eigenvalue weighted by atomic mass is 9.92. The van der Waals surface area contributed by atoms with Crippen LogP contribution in [0.3, 0.4) is 0 Å². The van der Waals surface area contributed by atoms with Crippen molar-refractivity contribution in [3.8, 4) is 0 Å². The van der Waals surface area contributed by atoms with Crippen molar-refractivity contribution in [2.75, 3.05) is 32.8 Å². The molecule has 0 aromatic rings. The van der Waals surface area contributed by atoms with E-state index in [1.54, 1.807) is 0 Å². The van der Waals surface area contributed by atoms with Gasteiger partial charge < -0.3 is 14.8 Å². The van der Waals surface area contributed by atoms with Gasteiger partial charge in [-0.05, 0) is 76.3 Å². The number of hydrogen-bond acceptors (Lipinski definition) is 6. The molecule has 1 saturated heterocycles. The fourth-order valence-corrected chi connectivity index (χ4v) is 9.04. The van der Waals surface area contributed by atoms with E-state index >= 15 is 0 Å². The summed E-state index contributed by atoms with van der Waals surface area (Å²) in [4.78, 5) is 40.1. The summed E-state index contributed by atoms with van der Waals surface area (Å²) in [6.45, 7) is 12.9. The number of rotatable bonds is 43. The lowest BCUT2D eigenvalue weighted by Gasteiger charge is -2.27. The van der Waals surface area contributed by atoms with E-state index in [1.165, 1.54) is 148 Å². The molecule has 0 aliphatic carbocycles. The molecule has 1 amide bonds. The predicted molar refractivity (Wildman–Crippen MR) is 251 cm³/mol. The smallest absolute Gasteiger partial charge is 0.305 e. The van der Waals surface area contributed by atoms with Crippen molar-refractivity contribution in [1.82, 2.24) is 10.2 Å². The Bertz CT molecular complexity index is 875. The van der Waals surface area contributed by atoms with Crippen LogP contribution in [0.5, 0.6) is 0 Å². The molecular weight excluding hydrogens is 733 g/mol. The van der Waals surface area contributed by atoms with E-state index in [4.69, 9.17) is 9.47 Å². The van der Waals surface area contributed by atoms with Crippen LogP contribution in [0.25, 0.3) is 0 Å². The summed E-state index contributed by atoms with van der Waals surface area (Å²) in [5, 5.41) is 3.43. The zero-order chi connectivity index (χ0) is 42.9. The number of ether oxygens (including phenoxy) is 2. The standard InChI is InChI=1S/C52H100N2O5/c1-5-9-22-32-47(33-23-10-6-2)40-44-58-51(56)38-28-19-15-13-17-26-36-49(53-50(55)46-54-42-30-21-31-43-54)37-27-18-14-16-20-29-39-52(57)59-45-41-48(34-24-11-7-3)35-25-12-8-4/h47-49H,5-46H2,1-4H3,(H,53,55). The van der Waals surface area contributed by atoms with Crippen LogP contribution in [0.1, 0.15) is 265 Å². The highest BCUT2D eigenvalue weighted by Crippen LogP contribution is 2.23. The van der Waals surface area contributed by atoms with Crippen LogP contribution in [0.4, 0.5) is 0 Å². The molecule has 0 unspecified atom stereocenters. The fourth-order valence-electron chi connectivity index (χ4n) is 9.04. The Hall–Kier alpha value is -1.63. The highest BCUT2D eigenvalue weighted by atomic mass is 16.5. The third-order valence-electron chi connectivity index (χ3n) is 13.0. The highest BCUT2D eigenvalue weighted by Gasteiger charge is 2.18. The molecule has 0 spiro atoms. The average molecular weight is 833 g/mol. The molecule has 7 nitrogen and oxygen atoms in total. The van der Waals surface area contributed by atoms with Crippen LogP contribution in [-0.4, -0.2) is 61.6 Å². The van der Waals surface area contributed by atoms with Gasteiger partial charge in [-0.25, -0.2) is 0 Å². The van der Waals surface area contributed by atoms with Gasteiger partial charge in [-0.1, -0.05) is 201 Å². The molecule has 1 aliphatic rings. The summed E-state index contributed by atoms with van der Waals surface area (Å²) in [5.41, 5.74) is 0. The van der Waals surface area contributed by atoms with Gasteiger partial charge in [-0.2, -0.15) is 0 Å². The number of nitrogens with one attached hydrogen (secondary N) is 1. The largest absolute Gasteiger partial charge is 0.466 e. The topological polar surface area (TPSA) is 84.9 Å². The minimum atomic E-state index is -0.0150. The van der Waals surface area contributed by atoms with E-state index in [0.717, 1.165) is 90.1 Å².